The molecule has 2 heterocycles. The molecule has 14 heavy (non-hydrogen) atoms. The van der Waals surface area contributed by atoms with E-state index in [1.54, 1.807) is 0 Å². The average Bonchev–Trinajstić information content (AvgIpc) is 2.50. The maximum Gasteiger partial charge on any atom is 0.239 e. The van der Waals surface area contributed by atoms with Crippen molar-refractivity contribution in [2.45, 2.75) is 31.3 Å². The standard InChI is InChI=1S/C9H18N3OP/c10-8-3-6-12(9(8)13)7-1-4-11(14)5-2-7/h7-8H,1-6,10,14H2. The van der Waals surface area contributed by atoms with Gasteiger partial charge in [0.2, 0.25) is 5.91 Å². The summed E-state index contributed by atoms with van der Waals surface area (Å²) in [6, 6.07) is 0.205. The third-order valence-corrected chi connectivity index (χ3v) is 3.74. The maximum atomic E-state index is 11.7. The predicted octanol–water partition coefficient (Wildman–Crippen LogP) is -0.200. The van der Waals surface area contributed by atoms with Gasteiger partial charge in [0.05, 0.1) is 6.04 Å². The van der Waals surface area contributed by atoms with Crippen molar-refractivity contribution in [2.24, 2.45) is 5.73 Å². The Morgan fingerprint density at radius 3 is 2.36 bits per heavy atom. The van der Waals surface area contributed by atoms with E-state index in [1.807, 2.05) is 4.90 Å². The number of carbonyl (C=O) groups excluding carboxylic acids is 1. The van der Waals surface area contributed by atoms with Crippen LogP contribution in [0.3, 0.4) is 0 Å². The molecule has 0 aliphatic carbocycles. The molecule has 5 heteroatoms. The van der Waals surface area contributed by atoms with Crippen molar-refractivity contribution in [1.82, 2.24) is 9.57 Å². The van der Waals surface area contributed by atoms with Crippen LogP contribution in [0, 0.1) is 0 Å². The second-order valence-corrected chi connectivity index (χ2v) is 4.92. The molecule has 2 atom stereocenters. The molecule has 0 aromatic heterocycles. The molecular weight excluding hydrogens is 197 g/mol. The smallest absolute Gasteiger partial charge is 0.239 e. The SMILES string of the molecule is NC1CCN(C2CCN(P)CC2)C1=O. The lowest BCUT2D eigenvalue weighted by Gasteiger charge is -2.34. The molecule has 0 saturated carbocycles. The Morgan fingerprint density at radius 2 is 1.86 bits per heavy atom. The molecule has 0 radical (unpaired) electrons. The van der Waals surface area contributed by atoms with Crippen molar-refractivity contribution in [3.05, 3.63) is 0 Å². The van der Waals surface area contributed by atoms with Crippen LogP contribution in [0.25, 0.3) is 0 Å². The van der Waals surface area contributed by atoms with Crippen molar-refractivity contribution >= 4 is 15.3 Å². The highest BCUT2D eigenvalue weighted by atomic mass is 31.0. The second kappa shape index (κ2) is 4.13. The van der Waals surface area contributed by atoms with Gasteiger partial charge in [-0.3, -0.25) is 9.46 Å². The first-order valence-corrected chi connectivity index (χ1v) is 5.76. The largest absolute Gasteiger partial charge is 0.338 e. The first-order chi connectivity index (χ1) is 6.68. The van der Waals surface area contributed by atoms with Crippen molar-refractivity contribution in [2.75, 3.05) is 19.6 Å². The summed E-state index contributed by atoms with van der Waals surface area (Å²) in [5.41, 5.74) is 5.70. The lowest BCUT2D eigenvalue weighted by molar-refractivity contribution is -0.131. The van der Waals surface area contributed by atoms with Crippen LogP contribution in [0.2, 0.25) is 0 Å². The topological polar surface area (TPSA) is 49.6 Å². The number of hydrogen-bond donors (Lipinski definition) is 1. The molecule has 2 fully saturated rings. The van der Waals surface area contributed by atoms with Crippen LogP contribution in [-0.4, -0.2) is 47.2 Å². The molecule has 0 spiro atoms. The number of nitrogens with two attached hydrogens (primary N) is 1. The van der Waals surface area contributed by atoms with Gasteiger partial charge in [-0.05, 0) is 19.3 Å². The zero-order chi connectivity index (χ0) is 10.1. The monoisotopic (exact) mass is 215 g/mol. The first kappa shape index (κ1) is 10.3. The van der Waals surface area contributed by atoms with Gasteiger partial charge in [0.25, 0.3) is 0 Å². The number of hydrogen-bond acceptors (Lipinski definition) is 3. The van der Waals surface area contributed by atoms with Crippen molar-refractivity contribution in [1.29, 1.82) is 0 Å². The molecule has 2 saturated heterocycles. The summed E-state index contributed by atoms with van der Waals surface area (Å²) in [5.74, 6) is 0.159. The Labute approximate surface area is 87.1 Å². The maximum absolute atomic E-state index is 11.7. The summed E-state index contributed by atoms with van der Waals surface area (Å²) >= 11 is 0. The van der Waals surface area contributed by atoms with Crippen molar-refractivity contribution < 1.29 is 4.79 Å². The molecule has 1 amide bonds. The Balaban J connectivity index is 1.93. The molecule has 0 bridgehead atoms. The molecule has 4 nitrogen and oxygen atoms in total. The third kappa shape index (κ3) is 1.92. The Morgan fingerprint density at radius 1 is 1.21 bits per heavy atom. The van der Waals surface area contributed by atoms with Crippen LogP contribution in [0.15, 0.2) is 0 Å². The number of carbonyl (C=O) groups is 1. The Hall–Kier alpha value is -0.180. The van der Waals surface area contributed by atoms with Gasteiger partial charge < -0.3 is 10.6 Å². The number of likely N-dealkylation sites (tertiary alicyclic amines) is 1. The summed E-state index contributed by atoms with van der Waals surface area (Å²) in [5, 5.41) is 0. The third-order valence-electron chi connectivity index (χ3n) is 3.22. The van der Waals surface area contributed by atoms with E-state index < -0.39 is 0 Å². The summed E-state index contributed by atoms with van der Waals surface area (Å²) < 4.78 is 2.23. The summed E-state index contributed by atoms with van der Waals surface area (Å²) in [7, 11) is 2.72. The summed E-state index contributed by atoms with van der Waals surface area (Å²) in [6.07, 6.45) is 3.00. The van der Waals surface area contributed by atoms with Gasteiger partial charge in [-0.1, -0.05) is 9.39 Å². The van der Waals surface area contributed by atoms with Gasteiger partial charge in [-0.2, -0.15) is 0 Å². The molecule has 2 aliphatic heterocycles. The van der Waals surface area contributed by atoms with Crippen molar-refractivity contribution in [3.63, 3.8) is 0 Å². The number of piperidine rings is 1. The minimum absolute atomic E-state index is 0.159. The lowest BCUT2D eigenvalue weighted by atomic mass is 10.1. The van der Waals surface area contributed by atoms with Gasteiger partial charge in [-0.25, -0.2) is 0 Å². The van der Waals surface area contributed by atoms with Crippen LogP contribution in [-0.2, 0) is 4.79 Å². The predicted molar refractivity (Wildman–Crippen MR) is 58.6 cm³/mol. The van der Waals surface area contributed by atoms with Crippen molar-refractivity contribution in [3.8, 4) is 0 Å². The van der Waals surface area contributed by atoms with Crippen LogP contribution in [0.4, 0.5) is 0 Å². The van der Waals surface area contributed by atoms with E-state index in [9.17, 15) is 4.79 Å². The van der Waals surface area contributed by atoms with Gasteiger partial charge in [0.15, 0.2) is 0 Å². The average molecular weight is 215 g/mol. The number of nitrogens with zero attached hydrogens (tertiary/aromatic N) is 2. The van der Waals surface area contributed by atoms with Crippen LogP contribution in [0.1, 0.15) is 19.3 Å². The van der Waals surface area contributed by atoms with E-state index in [4.69, 9.17) is 5.73 Å². The van der Waals surface area contributed by atoms with E-state index in [2.05, 4.69) is 14.1 Å². The van der Waals surface area contributed by atoms with Gasteiger partial charge >= 0.3 is 0 Å². The fourth-order valence-electron chi connectivity index (χ4n) is 2.28. The second-order valence-electron chi connectivity index (χ2n) is 4.19. The van der Waals surface area contributed by atoms with Crippen LogP contribution >= 0.6 is 9.39 Å². The van der Waals surface area contributed by atoms with E-state index in [0.717, 1.165) is 38.9 Å². The highest BCUT2D eigenvalue weighted by Crippen LogP contribution is 2.22. The summed E-state index contributed by atoms with van der Waals surface area (Å²) in [6.45, 7) is 2.99. The lowest BCUT2D eigenvalue weighted by Crippen LogP contribution is -2.45. The van der Waals surface area contributed by atoms with Gasteiger partial charge in [0, 0.05) is 25.7 Å². The van der Waals surface area contributed by atoms with E-state index in [-0.39, 0.29) is 11.9 Å². The highest BCUT2D eigenvalue weighted by molar-refractivity contribution is 7.13. The Bertz CT molecular complexity index is 228. The fourth-order valence-corrected chi connectivity index (χ4v) is 2.58. The molecule has 2 unspecified atom stereocenters. The Kier molecular flexibility index (Phi) is 3.05. The molecular formula is C9H18N3OP. The minimum Gasteiger partial charge on any atom is -0.338 e. The minimum atomic E-state index is -0.232. The molecule has 2 aliphatic rings. The van der Waals surface area contributed by atoms with Crippen LogP contribution in [0.5, 0.6) is 0 Å². The molecule has 2 rings (SSSR count). The van der Waals surface area contributed by atoms with Crippen LogP contribution < -0.4 is 5.73 Å². The first-order valence-electron chi connectivity index (χ1n) is 5.24. The molecule has 80 valence electrons. The quantitative estimate of drug-likeness (QED) is 0.616. The van der Waals surface area contributed by atoms with E-state index in [1.165, 1.54) is 0 Å². The van der Waals surface area contributed by atoms with Gasteiger partial charge in [-0.15, -0.1) is 0 Å². The molecule has 0 aromatic carbocycles. The fraction of sp³-hybridized carbons (Fsp3) is 0.889. The highest BCUT2D eigenvalue weighted by Gasteiger charge is 2.34. The van der Waals surface area contributed by atoms with Gasteiger partial charge in [0.1, 0.15) is 0 Å². The normalized spacial score (nSPS) is 31.4. The molecule has 0 aromatic rings. The zero-order valence-electron chi connectivity index (χ0n) is 8.35. The number of amides is 1. The number of rotatable bonds is 1. The van der Waals surface area contributed by atoms with E-state index in [0.29, 0.717) is 6.04 Å². The molecule has 2 N–H and O–H groups in total. The zero-order valence-corrected chi connectivity index (χ0v) is 9.51. The van der Waals surface area contributed by atoms with E-state index >= 15 is 0 Å². The summed E-state index contributed by atoms with van der Waals surface area (Å²) in [4.78, 5) is 13.7.